The first-order chi connectivity index (χ1) is 6.76. The van der Waals surface area contributed by atoms with E-state index in [2.05, 4.69) is 11.0 Å². The molecule has 0 radical (unpaired) electrons. The second kappa shape index (κ2) is 8.95. The number of nitriles is 1. The summed E-state index contributed by atoms with van der Waals surface area (Å²) in [6.45, 7) is 4.99. The minimum Gasteiger partial charge on any atom is -0.385 e. The van der Waals surface area contributed by atoms with Gasteiger partial charge in [0.15, 0.2) is 0 Å². The maximum atomic E-state index is 8.80. The molecule has 0 N–H and O–H groups in total. The third-order valence-corrected chi connectivity index (χ3v) is 2.11. The lowest BCUT2D eigenvalue weighted by atomic mass is 10.3. The van der Waals surface area contributed by atoms with Gasteiger partial charge in [-0.25, -0.2) is 0 Å². The molecule has 0 aliphatic heterocycles. The lowest BCUT2D eigenvalue weighted by molar-refractivity contribution is 0.124. The number of hydrogen-bond acceptors (Lipinski definition) is 4. The van der Waals surface area contributed by atoms with Crippen molar-refractivity contribution in [3.63, 3.8) is 0 Å². The van der Waals surface area contributed by atoms with Crippen LogP contribution >= 0.6 is 0 Å². The van der Waals surface area contributed by atoms with Gasteiger partial charge < -0.3 is 9.47 Å². The van der Waals surface area contributed by atoms with Gasteiger partial charge in [0, 0.05) is 33.9 Å². The van der Waals surface area contributed by atoms with E-state index < -0.39 is 0 Å². The highest BCUT2D eigenvalue weighted by Crippen LogP contribution is 1.99. The van der Waals surface area contributed by atoms with Crippen molar-refractivity contribution in [1.82, 2.24) is 4.90 Å². The number of nitrogens with zero attached hydrogens (tertiary/aromatic N) is 2. The summed E-state index contributed by atoms with van der Waals surface area (Å²) in [5, 5.41) is 8.80. The largest absolute Gasteiger partial charge is 0.385 e. The highest BCUT2D eigenvalue weighted by molar-refractivity contribution is 4.87. The molecule has 0 aliphatic rings. The minimum absolute atomic E-state index is 0.0537. The second-order valence-corrected chi connectivity index (χ2v) is 3.18. The van der Waals surface area contributed by atoms with Crippen LogP contribution in [0.1, 0.15) is 13.3 Å². The van der Waals surface area contributed by atoms with Gasteiger partial charge in [-0.2, -0.15) is 5.26 Å². The molecule has 0 fully saturated rings. The average Bonchev–Trinajstić information content (AvgIpc) is 2.22. The smallest absolute Gasteiger partial charge is 0.0950 e. The van der Waals surface area contributed by atoms with Crippen LogP contribution in [0.3, 0.4) is 0 Å². The van der Waals surface area contributed by atoms with Crippen LogP contribution in [0.2, 0.25) is 0 Å². The summed E-state index contributed by atoms with van der Waals surface area (Å²) in [6, 6.07) is 2.18. The van der Waals surface area contributed by atoms with E-state index >= 15 is 0 Å². The summed E-state index contributed by atoms with van der Waals surface area (Å²) in [4.78, 5) is 2.10. The molecular formula is C10H20N2O2. The Kier molecular flexibility index (Phi) is 8.54. The molecule has 0 saturated heterocycles. The minimum atomic E-state index is -0.0537. The van der Waals surface area contributed by atoms with Gasteiger partial charge in [-0.3, -0.25) is 4.90 Å². The summed E-state index contributed by atoms with van der Waals surface area (Å²) in [5.41, 5.74) is 0. The van der Waals surface area contributed by atoms with E-state index in [1.807, 2.05) is 6.92 Å². The first-order valence-corrected chi connectivity index (χ1v) is 4.87. The maximum absolute atomic E-state index is 8.80. The Hall–Kier alpha value is -0.630. The van der Waals surface area contributed by atoms with Crippen molar-refractivity contribution in [3.8, 4) is 6.07 Å². The van der Waals surface area contributed by atoms with E-state index in [0.717, 1.165) is 26.1 Å². The van der Waals surface area contributed by atoms with Gasteiger partial charge in [-0.05, 0) is 13.3 Å². The maximum Gasteiger partial charge on any atom is 0.0950 e. The third kappa shape index (κ3) is 5.92. The average molecular weight is 200 g/mol. The monoisotopic (exact) mass is 200 g/mol. The summed E-state index contributed by atoms with van der Waals surface area (Å²) in [7, 11) is 3.36. The zero-order valence-corrected chi connectivity index (χ0v) is 9.32. The molecule has 0 saturated carbocycles. The van der Waals surface area contributed by atoms with Crippen molar-refractivity contribution in [3.05, 3.63) is 0 Å². The standard InChI is InChI=1S/C10H20N2O2/c1-10(9-11)12(6-8-14-3)5-4-7-13-2/h10H,4-8H2,1-3H3. The molecule has 0 bridgehead atoms. The Bertz CT molecular complexity index is 168. The first kappa shape index (κ1) is 13.4. The summed E-state index contributed by atoms with van der Waals surface area (Å²) >= 11 is 0. The molecule has 4 heteroatoms. The number of ether oxygens (including phenoxy) is 2. The molecule has 0 aromatic rings. The molecule has 82 valence electrons. The van der Waals surface area contributed by atoms with Crippen LogP contribution in [0.5, 0.6) is 0 Å². The van der Waals surface area contributed by atoms with Crippen molar-refractivity contribution in [1.29, 1.82) is 5.26 Å². The van der Waals surface area contributed by atoms with Crippen molar-refractivity contribution >= 4 is 0 Å². The Labute approximate surface area is 86.4 Å². The molecule has 0 heterocycles. The molecule has 1 unspecified atom stereocenters. The van der Waals surface area contributed by atoms with Gasteiger partial charge in [0.05, 0.1) is 18.7 Å². The Morgan fingerprint density at radius 3 is 2.36 bits per heavy atom. The molecule has 1 atom stereocenters. The third-order valence-electron chi connectivity index (χ3n) is 2.11. The van der Waals surface area contributed by atoms with E-state index in [9.17, 15) is 0 Å². The number of hydrogen-bond donors (Lipinski definition) is 0. The van der Waals surface area contributed by atoms with Crippen LogP contribution < -0.4 is 0 Å². The Morgan fingerprint density at radius 2 is 1.86 bits per heavy atom. The molecule has 0 spiro atoms. The normalized spacial score (nSPS) is 12.8. The molecule has 0 aliphatic carbocycles. The quantitative estimate of drug-likeness (QED) is 0.546. The zero-order chi connectivity index (χ0) is 10.8. The summed E-state index contributed by atoms with van der Waals surface area (Å²) in [6.07, 6.45) is 0.951. The fourth-order valence-electron chi connectivity index (χ4n) is 1.20. The SMILES string of the molecule is COCCCN(CCOC)C(C)C#N. The van der Waals surface area contributed by atoms with Gasteiger partial charge in [0.2, 0.25) is 0 Å². The Morgan fingerprint density at radius 1 is 1.21 bits per heavy atom. The fraction of sp³-hybridized carbons (Fsp3) is 0.900. The van der Waals surface area contributed by atoms with Gasteiger partial charge in [0.1, 0.15) is 0 Å². The van der Waals surface area contributed by atoms with Crippen molar-refractivity contribution in [2.24, 2.45) is 0 Å². The molecule has 14 heavy (non-hydrogen) atoms. The molecule has 4 nitrogen and oxygen atoms in total. The number of rotatable bonds is 8. The van der Waals surface area contributed by atoms with E-state index in [0.29, 0.717) is 6.61 Å². The van der Waals surface area contributed by atoms with Gasteiger partial charge in [-0.15, -0.1) is 0 Å². The second-order valence-electron chi connectivity index (χ2n) is 3.18. The van der Waals surface area contributed by atoms with Gasteiger partial charge >= 0.3 is 0 Å². The van der Waals surface area contributed by atoms with Crippen LogP contribution in [-0.2, 0) is 9.47 Å². The van der Waals surface area contributed by atoms with E-state index in [-0.39, 0.29) is 6.04 Å². The fourth-order valence-corrected chi connectivity index (χ4v) is 1.20. The predicted molar refractivity (Wildman–Crippen MR) is 55.0 cm³/mol. The molecule has 0 aromatic carbocycles. The van der Waals surface area contributed by atoms with E-state index in [4.69, 9.17) is 14.7 Å². The summed E-state index contributed by atoms with van der Waals surface area (Å²) < 4.78 is 9.96. The van der Waals surface area contributed by atoms with Crippen LogP contribution in [0.25, 0.3) is 0 Å². The molecule has 0 amide bonds. The van der Waals surface area contributed by atoms with Crippen molar-refractivity contribution < 1.29 is 9.47 Å². The lowest BCUT2D eigenvalue weighted by Crippen LogP contribution is -2.36. The van der Waals surface area contributed by atoms with E-state index in [1.54, 1.807) is 14.2 Å². The Balaban J connectivity index is 3.79. The van der Waals surface area contributed by atoms with Crippen LogP contribution in [0.15, 0.2) is 0 Å². The van der Waals surface area contributed by atoms with Crippen LogP contribution in [0, 0.1) is 11.3 Å². The highest BCUT2D eigenvalue weighted by atomic mass is 16.5. The molecule has 0 rings (SSSR count). The van der Waals surface area contributed by atoms with Gasteiger partial charge in [0.25, 0.3) is 0 Å². The van der Waals surface area contributed by atoms with Crippen molar-refractivity contribution in [2.75, 3.05) is 40.5 Å². The highest BCUT2D eigenvalue weighted by Gasteiger charge is 2.11. The zero-order valence-electron chi connectivity index (χ0n) is 9.32. The molecule has 0 aromatic heterocycles. The number of methoxy groups -OCH3 is 2. The van der Waals surface area contributed by atoms with Gasteiger partial charge in [-0.1, -0.05) is 0 Å². The first-order valence-electron chi connectivity index (χ1n) is 4.87. The predicted octanol–water partition coefficient (Wildman–Crippen LogP) is 0.883. The van der Waals surface area contributed by atoms with E-state index in [1.165, 1.54) is 0 Å². The topological polar surface area (TPSA) is 45.5 Å². The summed E-state index contributed by atoms with van der Waals surface area (Å²) in [5.74, 6) is 0. The van der Waals surface area contributed by atoms with Crippen LogP contribution in [-0.4, -0.2) is 51.5 Å². The van der Waals surface area contributed by atoms with Crippen molar-refractivity contribution in [2.45, 2.75) is 19.4 Å². The lowest BCUT2D eigenvalue weighted by Gasteiger charge is -2.23. The molecular weight excluding hydrogens is 180 g/mol. The van der Waals surface area contributed by atoms with Crippen LogP contribution in [0.4, 0.5) is 0 Å².